The fourth-order valence-electron chi connectivity index (χ4n) is 4.17. The van der Waals surface area contributed by atoms with Crippen LogP contribution in [0.5, 0.6) is 11.5 Å². The summed E-state index contributed by atoms with van der Waals surface area (Å²) < 4.78 is 67.6. The zero-order valence-corrected chi connectivity index (χ0v) is 24.8. The number of carbonyl (C=O) groups is 2. The predicted molar refractivity (Wildman–Crippen MR) is 155 cm³/mol. The molecule has 0 spiro atoms. The molecule has 0 unspecified atom stereocenters. The number of halogens is 2. The molecule has 0 bridgehead atoms. The number of hydrogen-bond acceptors (Lipinski definition) is 6. The molecule has 1 atom stereocenters. The van der Waals surface area contributed by atoms with Crippen molar-refractivity contribution >= 4 is 27.5 Å². The largest absolute Gasteiger partial charge is 0.493 e. The van der Waals surface area contributed by atoms with Gasteiger partial charge in [-0.1, -0.05) is 31.5 Å². The topological polar surface area (TPSA) is 105 Å². The molecule has 0 saturated heterocycles. The maximum absolute atomic E-state index is 14.6. The van der Waals surface area contributed by atoms with Gasteiger partial charge >= 0.3 is 0 Å². The summed E-state index contributed by atoms with van der Waals surface area (Å²) in [6, 6.07) is 13.3. The third-order valence-electron chi connectivity index (χ3n) is 6.63. The number of sulfonamides is 1. The SMILES string of the molecule is CCCCNC(=O)[C@@H](C)N(Cc1ccccc1F)C(=O)CN(c1ccc(F)cc1)S(=O)(=O)c1ccc(OC)c(OC)c1. The molecule has 226 valence electrons. The smallest absolute Gasteiger partial charge is 0.264 e. The normalized spacial score (nSPS) is 11.9. The summed E-state index contributed by atoms with van der Waals surface area (Å²) in [5.74, 6) is -1.99. The molecule has 0 aromatic heterocycles. The average Bonchev–Trinajstić information content (AvgIpc) is 2.99. The van der Waals surface area contributed by atoms with E-state index in [0.29, 0.717) is 12.3 Å². The second-order valence-corrected chi connectivity index (χ2v) is 11.3. The van der Waals surface area contributed by atoms with Gasteiger partial charge in [0.2, 0.25) is 11.8 Å². The van der Waals surface area contributed by atoms with Gasteiger partial charge in [0, 0.05) is 24.7 Å². The number of ether oxygens (including phenoxy) is 2. The summed E-state index contributed by atoms with van der Waals surface area (Å²) in [6.45, 7) is 2.79. The van der Waals surface area contributed by atoms with Gasteiger partial charge in [0.05, 0.1) is 24.8 Å². The zero-order chi connectivity index (χ0) is 30.9. The molecule has 42 heavy (non-hydrogen) atoms. The minimum Gasteiger partial charge on any atom is -0.493 e. The van der Waals surface area contributed by atoms with E-state index in [1.54, 1.807) is 6.07 Å². The highest BCUT2D eigenvalue weighted by Gasteiger charge is 2.33. The van der Waals surface area contributed by atoms with Crippen LogP contribution in [0, 0.1) is 11.6 Å². The number of methoxy groups -OCH3 is 2. The van der Waals surface area contributed by atoms with Crippen molar-refractivity contribution in [1.29, 1.82) is 0 Å². The molecule has 0 aliphatic heterocycles. The highest BCUT2D eigenvalue weighted by molar-refractivity contribution is 7.92. The van der Waals surface area contributed by atoms with Crippen LogP contribution >= 0.6 is 0 Å². The monoisotopic (exact) mass is 603 g/mol. The molecule has 3 rings (SSSR count). The van der Waals surface area contributed by atoms with E-state index in [1.165, 1.54) is 69.7 Å². The van der Waals surface area contributed by atoms with E-state index < -0.39 is 46.1 Å². The van der Waals surface area contributed by atoms with Crippen molar-refractivity contribution < 1.29 is 36.3 Å². The molecule has 0 fully saturated rings. The van der Waals surface area contributed by atoms with E-state index in [0.717, 1.165) is 34.2 Å². The van der Waals surface area contributed by atoms with Crippen LogP contribution in [0.3, 0.4) is 0 Å². The summed E-state index contributed by atoms with van der Waals surface area (Å²) in [5.41, 5.74) is 0.153. The number of rotatable bonds is 14. The summed E-state index contributed by atoms with van der Waals surface area (Å²) in [5, 5.41) is 2.76. The second kappa shape index (κ2) is 14.6. The Balaban J connectivity index is 2.05. The Kier molecular flexibility index (Phi) is 11.3. The Bertz CT molecular complexity index is 1480. The number of nitrogens with zero attached hydrogens (tertiary/aromatic N) is 2. The van der Waals surface area contributed by atoms with E-state index in [1.807, 2.05) is 6.92 Å². The van der Waals surface area contributed by atoms with Crippen molar-refractivity contribution in [3.05, 3.63) is 83.9 Å². The van der Waals surface area contributed by atoms with Crippen molar-refractivity contribution in [2.75, 3.05) is 31.6 Å². The molecule has 3 aromatic rings. The third kappa shape index (κ3) is 7.75. The van der Waals surface area contributed by atoms with Crippen LogP contribution in [0.2, 0.25) is 0 Å². The quantitative estimate of drug-likeness (QED) is 0.272. The molecule has 0 aliphatic carbocycles. The molecular formula is C30H35F2N3O6S. The Morgan fingerprint density at radius 2 is 1.62 bits per heavy atom. The van der Waals surface area contributed by atoms with E-state index in [-0.39, 0.29) is 28.4 Å². The fourth-order valence-corrected chi connectivity index (χ4v) is 5.60. The number of benzene rings is 3. The van der Waals surface area contributed by atoms with Gasteiger partial charge in [0.1, 0.15) is 24.2 Å². The fraction of sp³-hybridized carbons (Fsp3) is 0.333. The Hall–Kier alpha value is -4.19. The summed E-state index contributed by atoms with van der Waals surface area (Å²) in [6.07, 6.45) is 1.56. The van der Waals surface area contributed by atoms with E-state index in [9.17, 15) is 26.8 Å². The first-order valence-electron chi connectivity index (χ1n) is 13.3. The minimum atomic E-state index is -4.44. The second-order valence-electron chi connectivity index (χ2n) is 9.44. The lowest BCUT2D eigenvalue weighted by Gasteiger charge is -2.32. The molecule has 0 aliphatic rings. The Morgan fingerprint density at radius 3 is 2.24 bits per heavy atom. The number of unbranched alkanes of at least 4 members (excludes halogenated alkanes) is 1. The molecule has 3 aromatic carbocycles. The van der Waals surface area contributed by atoms with Crippen molar-refractivity contribution in [2.24, 2.45) is 0 Å². The van der Waals surface area contributed by atoms with Crippen molar-refractivity contribution in [3.8, 4) is 11.5 Å². The summed E-state index contributed by atoms with van der Waals surface area (Å²) in [4.78, 5) is 27.8. The van der Waals surface area contributed by atoms with Crippen molar-refractivity contribution in [3.63, 3.8) is 0 Å². The van der Waals surface area contributed by atoms with Gasteiger partial charge < -0.3 is 19.7 Å². The number of carbonyl (C=O) groups excluding carboxylic acids is 2. The van der Waals surface area contributed by atoms with Crippen LogP contribution < -0.4 is 19.1 Å². The first kappa shape index (κ1) is 32.3. The van der Waals surface area contributed by atoms with Crippen molar-refractivity contribution in [2.45, 2.75) is 44.2 Å². The molecule has 0 saturated carbocycles. The number of hydrogen-bond donors (Lipinski definition) is 1. The molecular weight excluding hydrogens is 568 g/mol. The van der Waals surface area contributed by atoms with Crippen LogP contribution in [-0.4, -0.2) is 58.5 Å². The lowest BCUT2D eigenvalue weighted by Crippen LogP contribution is -2.51. The maximum Gasteiger partial charge on any atom is 0.264 e. The lowest BCUT2D eigenvalue weighted by atomic mass is 10.1. The highest BCUT2D eigenvalue weighted by atomic mass is 32.2. The number of anilines is 1. The predicted octanol–water partition coefficient (Wildman–Crippen LogP) is 4.51. The molecule has 9 nitrogen and oxygen atoms in total. The first-order chi connectivity index (χ1) is 20.0. The number of nitrogens with one attached hydrogen (secondary N) is 1. The minimum absolute atomic E-state index is 0.00502. The summed E-state index contributed by atoms with van der Waals surface area (Å²) >= 11 is 0. The molecule has 2 amide bonds. The number of amides is 2. The van der Waals surface area contributed by atoms with Gasteiger partial charge in [-0.25, -0.2) is 17.2 Å². The first-order valence-corrected chi connectivity index (χ1v) is 14.8. The van der Waals surface area contributed by atoms with E-state index in [2.05, 4.69) is 5.32 Å². The van der Waals surface area contributed by atoms with Crippen LogP contribution in [0.4, 0.5) is 14.5 Å². The molecule has 1 N–H and O–H groups in total. The Labute approximate surface area is 245 Å². The zero-order valence-electron chi connectivity index (χ0n) is 24.0. The van der Waals surface area contributed by atoms with Gasteiger partial charge in [0.25, 0.3) is 10.0 Å². The van der Waals surface area contributed by atoms with Crippen LogP contribution in [0.25, 0.3) is 0 Å². The van der Waals surface area contributed by atoms with Gasteiger partial charge in [-0.3, -0.25) is 13.9 Å². The van der Waals surface area contributed by atoms with Gasteiger partial charge in [-0.15, -0.1) is 0 Å². The van der Waals surface area contributed by atoms with Crippen LogP contribution in [-0.2, 0) is 26.2 Å². The lowest BCUT2D eigenvalue weighted by molar-refractivity contribution is -0.139. The van der Waals surface area contributed by atoms with Gasteiger partial charge in [-0.05, 0) is 55.8 Å². The molecule has 0 radical (unpaired) electrons. The van der Waals surface area contributed by atoms with Gasteiger partial charge in [0.15, 0.2) is 11.5 Å². The van der Waals surface area contributed by atoms with E-state index in [4.69, 9.17) is 9.47 Å². The standard InChI is InChI=1S/C30H35F2N3O6S/c1-5-6-17-33-30(37)21(2)34(19-22-9-7-8-10-26(22)32)29(36)20-35(24-13-11-23(31)12-14-24)42(38,39)25-15-16-27(40-3)28(18-25)41-4/h7-16,18,21H,5-6,17,19-20H2,1-4H3,(H,33,37)/t21-/m1/s1. The highest BCUT2D eigenvalue weighted by Crippen LogP contribution is 2.32. The molecule has 0 heterocycles. The van der Waals surface area contributed by atoms with Gasteiger partial charge in [-0.2, -0.15) is 0 Å². The van der Waals surface area contributed by atoms with Crippen LogP contribution in [0.1, 0.15) is 32.3 Å². The van der Waals surface area contributed by atoms with Crippen molar-refractivity contribution in [1.82, 2.24) is 10.2 Å². The average molecular weight is 604 g/mol. The van der Waals surface area contributed by atoms with Crippen LogP contribution in [0.15, 0.2) is 71.6 Å². The molecule has 12 heteroatoms. The maximum atomic E-state index is 14.6. The Morgan fingerprint density at radius 1 is 0.952 bits per heavy atom. The van der Waals surface area contributed by atoms with E-state index >= 15 is 0 Å². The summed E-state index contributed by atoms with van der Waals surface area (Å²) in [7, 11) is -1.69. The third-order valence-corrected chi connectivity index (χ3v) is 8.40.